The number of ether oxygens (including phenoxy) is 1. The predicted octanol–water partition coefficient (Wildman–Crippen LogP) is 3.73. The number of nitrogen functional groups attached to an aromatic ring is 1. The lowest BCUT2D eigenvalue weighted by atomic mass is 10.3. The molecule has 0 radical (unpaired) electrons. The molecule has 0 bridgehead atoms. The number of hydrogen-bond donors (Lipinski definition) is 1. The molecule has 0 saturated heterocycles. The molecule has 0 saturated carbocycles. The van der Waals surface area contributed by atoms with E-state index in [9.17, 15) is 9.18 Å². The zero-order valence-electron chi connectivity index (χ0n) is 11.9. The van der Waals surface area contributed by atoms with Crippen LogP contribution in [0.4, 0.5) is 10.1 Å². The van der Waals surface area contributed by atoms with E-state index in [-0.39, 0.29) is 26.7 Å². The van der Waals surface area contributed by atoms with Crippen molar-refractivity contribution in [2.75, 3.05) is 5.73 Å². The first-order valence-electron chi connectivity index (χ1n) is 6.42. The molecule has 2 heterocycles. The second kappa shape index (κ2) is 7.81. The van der Waals surface area contributed by atoms with E-state index in [4.69, 9.17) is 33.7 Å². The molecule has 2 N–H and O–H groups in total. The van der Waals surface area contributed by atoms with Gasteiger partial charge in [0, 0.05) is 18.1 Å². The molecular weight excluding hydrogens is 364 g/mol. The van der Waals surface area contributed by atoms with Gasteiger partial charge in [0.1, 0.15) is 10.0 Å². The van der Waals surface area contributed by atoms with Crippen LogP contribution in [0.3, 0.4) is 0 Å². The molecule has 2 rings (SSSR count). The Morgan fingerprint density at radius 3 is 2.70 bits per heavy atom. The number of pyridine rings is 2. The minimum absolute atomic E-state index is 0.129. The number of carbonyl (C=O) groups excluding carboxylic acids is 1. The topological polar surface area (TPSA) is 78.1 Å². The third kappa shape index (κ3) is 4.46. The monoisotopic (exact) mass is 375 g/mol. The summed E-state index contributed by atoms with van der Waals surface area (Å²) in [6, 6.07) is 3.61. The molecule has 0 aliphatic rings. The molecular formula is C14H12Cl2FN3O2S. The highest BCUT2D eigenvalue weighted by molar-refractivity contribution is 8.13. The van der Waals surface area contributed by atoms with Crippen molar-refractivity contribution in [2.24, 2.45) is 0 Å². The fraction of sp³-hybridized carbons (Fsp3) is 0.214. The predicted molar refractivity (Wildman–Crippen MR) is 89.3 cm³/mol. The first-order valence-corrected chi connectivity index (χ1v) is 8.16. The molecule has 0 unspecified atom stereocenters. The molecule has 1 atom stereocenters. The Morgan fingerprint density at radius 2 is 2.04 bits per heavy atom. The molecule has 9 heteroatoms. The number of aromatic nitrogens is 2. The summed E-state index contributed by atoms with van der Waals surface area (Å²) in [5.41, 5.74) is 6.32. The quantitative estimate of drug-likeness (QED) is 0.802. The number of rotatable bonds is 5. The van der Waals surface area contributed by atoms with Crippen molar-refractivity contribution >= 4 is 45.8 Å². The van der Waals surface area contributed by atoms with E-state index in [1.807, 2.05) is 0 Å². The van der Waals surface area contributed by atoms with Crippen LogP contribution in [-0.2, 0) is 10.5 Å². The molecule has 0 aliphatic heterocycles. The van der Waals surface area contributed by atoms with Gasteiger partial charge in [0.2, 0.25) is 16.9 Å². The molecule has 23 heavy (non-hydrogen) atoms. The Labute approximate surface area is 146 Å². The van der Waals surface area contributed by atoms with Crippen LogP contribution in [0.5, 0.6) is 5.88 Å². The van der Waals surface area contributed by atoms with Crippen LogP contribution in [-0.4, -0.2) is 21.2 Å². The highest BCUT2D eigenvalue weighted by Crippen LogP contribution is 2.35. The van der Waals surface area contributed by atoms with Crippen molar-refractivity contribution in [1.82, 2.24) is 9.97 Å². The second-order valence-corrected chi connectivity index (χ2v) is 6.21. The molecule has 0 spiro atoms. The SMILES string of the molecule is C[C@@H](Oc1nc(F)c(Cl)c(N)c1Cl)C(=O)SCc1ccncc1. The Morgan fingerprint density at radius 1 is 1.39 bits per heavy atom. The van der Waals surface area contributed by atoms with Crippen LogP contribution < -0.4 is 10.5 Å². The van der Waals surface area contributed by atoms with Crippen molar-refractivity contribution in [3.8, 4) is 5.88 Å². The lowest BCUT2D eigenvalue weighted by molar-refractivity contribution is -0.116. The van der Waals surface area contributed by atoms with Crippen LogP contribution in [0.1, 0.15) is 12.5 Å². The van der Waals surface area contributed by atoms with Gasteiger partial charge in [-0.3, -0.25) is 9.78 Å². The maximum atomic E-state index is 13.5. The van der Waals surface area contributed by atoms with Crippen molar-refractivity contribution in [1.29, 1.82) is 0 Å². The zero-order valence-corrected chi connectivity index (χ0v) is 14.3. The van der Waals surface area contributed by atoms with Gasteiger partial charge in [-0.2, -0.15) is 9.37 Å². The lowest BCUT2D eigenvalue weighted by Crippen LogP contribution is -2.22. The highest BCUT2D eigenvalue weighted by atomic mass is 35.5. The summed E-state index contributed by atoms with van der Waals surface area (Å²) in [7, 11) is 0. The van der Waals surface area contributed by atoms with Gasteiger partial charge in [-0.15, -0.1) is 0 Å². The van der Waals surface area contributed by atoms with Crippen LogP contribution >= 0.6 is 35.0 Å². The van der Waals surface area contributed by atoms with Gasteiger partial charge < -0.3 is 10.5 Å². The van der Waals surface area contributed by atoms with Gasteiger partial charge in [0.25, 0.3) is 0 Å². The number of nitrogens with zero attached hydrogens (tertiary/aromatic N) is 2. The van der Waals surface area contributed by atoms with Crippen molar-refractivity contribution in [3.63, 3.8) is 0 Å². The van der Waals surface area contributed by atoms with Gasteiger partial charge in [-0.05, 0) is 24.6 Å². The fourth-order valence-electron chi connectivity index (χ4n) is 1.55. The van der Waals surface area contributed by atoms with Crippen LogP contribution in [0.15, 0.2) is 24.5 Å². The molecule has 0 amide bonds. The van der Waals surface area contributed by atoms with Crippen LogP contribution in [0.25, 0.3) is 0 Å². The van der Waals surface area contributed by atoms with E-state index in [1.54, 1.807) is 24.5 Å². The van der Waals surface area contributed by atoms with Crippen LogP contribution in [0, 0.1) is 5.95 Å². The summed E-state index contributed by atoms with van der Waals surface area (Å²) in [4.78, 5) is 19.4. The third-order valence-corrected chi connectivity index (χ3v) is 4.61. The van der Waals surface area contributed by atoms with Gasteiger partial charge in [0.05, 0.1) is 5.69 Å². The molecule has 0 aromatic carbocycles. The number of hydrogen-bond acceptors (Lipinski definition) is 6. The van der Waals surface area contributed by atoms with E-state index in [1.165, 1.54) is 6.92 Å². The summed E-state index contributed by atoms with van der Waals surface area (Å²) in [6.45, 7) is 1.52. The van der Waals surface area contributed by atoms with Crippen molar-refractivity contribution in [3.05, 3.63) is 46.1 Å². The maximum Gasteiger partial charge on any atom is 0.238 e. The molecule has 5 nitrogen and oxygen atoms in total. The van der Waals surface area contributed by atoms with E-state index >= 15 is 0 Å². The number of carbonyl (C=O) groups is 1. The zero-order chi connectivity index (χ0) is 17.0. The first kappa shape index (κ1) is 17.8. The third-order valence-electron chi connectivity index (χ3n) is 2.79. The smallest absolute Gasteiger partial charge is 0.238 e. The molecule has 2 aromatic rings. The van der Waals surface area contributed by atoms with Crippen molar-refractivity contribution < 1.29 is 13.9 Å². The van der Waals surface area contributed by atoms with Crippen LogP contribution in [0.2, 0.25) is 10.0 Å². The second-order valence-electron chi connectivity index (χ2n) is 4.47. The molecule has 122 valence electrons. The average Bonchev–Trinajstić information content (AvgIpc) is 2.56. The molecule has 0 aliphatic carbocycles. The summed E-state index contributed by atoms with van der Waals surface area (Å²) < 4.78 is 18.8. The normalized spacial score (nSPS) is 12.0. The fourth-order valence-corrected chi connectivity index (χ4v) is 2.71. The Balaban J connectivity index is 2.01. The van der Waals surface area contributed by atoms with E-state index in [0.29, 0.717) is 5.75 Å². The Kier molecular flexibility index (Phi) is 6.04. The first-order chi connectivity index (χ1) is 10.9. The van der Waals surface area contributed by atoms with E-state index in [0.717, 1.165) is 17.3 Å². The average molecular weight is 376 g/mol. The Bertz CT molecular complexity index is 719. The van der Waals surface area contributed by atoms with Gasteiger partial charge >= 0.3 is 0 Å². The number of halogens is 3. The number of anilines is 1. The standard InChI is InChI=1S/C14H12Cl2FN3O2S/c1-7(14(21)23-6-8-2-4-19-5-3-8)22-13-10(16)11(18)9(15)12(17)20-13/h2-5,7H,6H2,1H3,(H2,18,20)/t7-/m1/s1. The summed E-state index contributed by atoms with van der Waals surface area (Å²) >= 11 is 12.6. The van der Waals surface area contributed by atoms with Gasteiger partial charge in [-0.1, -0.05) is 35.0 Å². The Hall–Kier alpha value is -1.57. The van der Waals surface area contributed by atoms with E-state index in [2.05, 4.69) is 9.97 Å². The summed E-state index contributed by atoms with van der Waals surface area (Å²) in [6.07, 6.45) is 2.40. The number of nitrogens with two attached hydrogens (primary N) is 1. The van der Waals surface area contributed by atoms with E-state index < -0.39 is 12.1 Å². The van der Waals surface area contributed by atoms with Crippen molar-refractivity contribution in [2.45, 2.75) is 18.8 Å². The molecule has 2 aromatic heterocycles. The number of thioether (sulfide) groups is 1. The lowest BCUT2D eigenvalue weighted by Gasteiger charge is -2.14. The van der Waals surface area contributed by atoms with Gasteiger partial charge in [-0.25, -0.2) is 0 Å². The summed E-state index contributed by atoms with van der Waals surface area (Å²) in [5, 5.41) is -0.766. The van der Waals surface area contributed by atoms with Gasteiger partial charge in [0.15, 0.2) is 6.10 Å². The molecule has 0 fully saturated rings. The maximum absolute atomic E-state index is 13.5. The minimum atomic E-state index is -1.01. The highest BCUT2D eigenvalue weighted by Gasteiger charge is 2.21. The minimum Gasteiger partial charge on any atom is -0.464 e. The summed E-state index contributed by atoms with van der Waals surface area (Å²) in [5.74, 6) is -0.808. The largest absolute Gasteiger partial charge is 0.464 e.